The summed E-state index contributed by atoms with van der Waals surface area (Å²) in [6.45, 7) is 1.12. The lowest BCUT2D eigenvalue weighted by molar-refractivity contribution is -0.360. The van der Waals surface area contributed by atoms with Gasteiger partial charge in [0.1, 0.15) is 30.5 Å². The smallest absolute Gasteiger partial charge is 0.187 e. The lowest BCUT2D eigenvalue weighted by Gasteiger charge is -2.49. The zero-order valence-electron chi connectivity index (χ0n) is 19.7. The first-order chi connectivity index (χ1) is 16.6. The maximum Gasteiger partial charge on any atom is 0.187 e. The predicted molar refractivity (Wildman–Crippen MR) is 114 cm³/mol. The molecule has 0 spiro atoms. The molecule has 0 amide bonds. The first kappa shape index (κ1) is 29.0. The minimum atomic E-state index is -1.61. The minimum Gasteiger partial charge on any atom is -0.396 e. The Kier molecular flexibility index (Phi) is 10.2. The SMILES string of the molecule is CC1OC(CO)C(N)C(O)C1OC1OC(CO)C(OC2OC(CO)C(CO)C(O)C2O)C(O)C1C. The zero-order valence-corrected chi connectivity index (χ0v) is 19.7. The fourth-order valence-electron chi connectivity index (χ4n) is 4.86. The summed E-state index contributed by atoms with van der Waals surface area (Å²) in [6.07, 6.45) is -14.0. The second kappa shape index (κ2) is 12.3. The summed E-state index contributed by atoms with van der Waals surface area (Å²) in [5.74, 6) is -1.71. The van der Waals surface area contributed by atoms with Gasteiger partial charge in [-0.2, -0.15) is 0 Å². The number of nitrogens with two attached hydrogens (primary N) is 1. The summed E-state index contributed by atoms with van der Waals surface area (Å²) >= 11 is 0. The summed E-state index contributed by atoms with van der Waals surface area (Å²) in [7, 11) is 0. The van der Waals surface area contributed by atoms with Gasteiger partial charge in [-0.25, -0.2) is 0 Å². The molecule has 0 aromatic heterocycles. The molecule has 3 rings (SSSR count). The van der Waals surface area contributed by atoms with Crippen LogP contribution in [0.5, 0.6) is 0 Å². The molecule has 15 unspecified atom stereocenters. The highest BCUT2D eigenvalue weighted by Crippen LogP contribution is 2.35. The van der Waals surface area contributed by atoms with E-state index in [4.69, 9.17) is 29.4 Å². The molecule has 3 aliphatic heterocycles. The molecular formula is C21H39NO13. The molecule has 14 nitrogen and oxygen atoms in total. The molecular weight excluding hydrogens is 474 g/mol. The van der Waals surface area contributed by atoms with Gasteiger partial charge in [0.2, 0.25) is 0 Å². The van der Waals surface area contributed by atoms with Gasteiger partial charge < -0.3 is 70.3 Å². The van der Waals surface area contributed by atoms with Crippen molar-refractivity contribution in [2.45, 2.75) is 93.5 Å². The van der Waals surface area contributed by atoms with Gasteiger partial charge in [-0.05, 0) is 6.92 Å². The summed E-state index contributed by atoms with van der Waals surface area (Å²) in [5.41, 5.74) is 5.94. The molecule has 3 heterocycles. The molecule has 14 heteroatoms. The molecule has 0 aromatic carbocycles. The van der Waals surface area contributed by atoms with Crippen molar-refractivity contribution in [2.75, 3.05) is 26.4 Å². The lowest BCUT2D eigenvalue weighted by Crippen LogP contribution is -2.65. The molecule has 0 radical (unpaired) electrons. The standard InChI is InChI=1S/C21H39NO13/c1-7-14(27)19(35-21-17(30)15(28)9(3-23)10(4-24)32-21)12(6-26)33-20(7)34-18-8(2)31-11(5-25)13(22)16(18)29/h7-21,23-30H,3-6,22H2,1-2H3. The van der Waals surface area contributed by atoms with Crippen molar-refractivity contribution in [1.82, 2.24) is 0 Å². The molecule has 15 atom stereocenters. The molecule has 0 aromatic rings. The third-order valence-electron chi connectivity index (χ3n) is 7.18. The number of rotatable bonds is 8. The Bertz CT molecular complexity index is 657. The van der Waals surface area contributed by atoms with Crippen LogP contribution in [0.15, 0.2) is 0 Å². The number of hydrogen-bond acceptors (Lipinski definition) is 14. The van der Waals surface area contributed by atoms with E-state index < -0.39 is 111 Å². The molecule has 35 heavy (non-hydrogen) atoms. The van der Waals surface area contributed by atoms with Crippen LogP contribution in [-0.2, 0) is 23.7 Å². The lowest BCUT2D eigenvalue weighted by atomic mass is 9.89. The molecule has 0 aliphatic carbocycles. The molecule has 10 N–H and O–H groups in total. The Labute approximate surface area is 202 Å². The molecule has 0 bridgehead atoms. The maximum absolute atomic E-state index is 11.0. The van der Waals surface area contributed by atoms with Crippen molar-refractivity contribution in [3.63, 3.8) is 0 Å². The van der Waals surface area contributed by atoms with E-state index in [2.05, 4.69) is 0 Å². The predicted octanol–water partition coefficient (Wildman–Crippen LogP) is -5.01. The maximum atomic E-state index is 11.0. The average Bonchev–Trinajstić information content (AvgIpc) is 2.85. The van der Waals surface area contributed by atoms with Crippen molar-refractivity contribution >= 4 is 0 Å². The number of aliphatic hydroxyl groups is 8. The molecule has 206 valence electrons. The van der Waals surface area contributed by atoms with Crippen LogP contribution in [0.2, 0.25) is 0 Å². The first-order valence-electron chi connectivity index (χ1n) is 11.8. The number of ether oxygens (including phenoxy) is 5. The van der Waals surface area contributed by atoms with E-state index >= 15 is 0 Å². The van der Waals surface area contributed by atoms with Crippen LogP contribution < -0.4 is 5.73 Å². The normalized spacial score (nSPS) is 51.3. The quantitative estimate of drug-likeness (QED) is 0.148. The second-order valence-electron chi connectivity index (χ2n) is 9.46. The zero-order chi connectivity index (χ0) is 26.0. The van der Waals surface area contributed by atoms with Crippen LogP contribution in [0.4, 0.5) is 0 Å². The van der Waals surface area contributed by atoms with Gasteiger partial charge in [0.05, 0.1) is 63.0 Å². The third kappa shape index (κ3) is 5.81. The van der Waals surface area contributed by atoms with E-state index in [9.17, 15) is 40.9 Å². The Morgan fingerprint density at radius 3 is 1.77 bits per heavy atom. The fourth-order valence-corrected chi connectivity index (χ4v) is 4.86. The van der Waals surface area contributed by atoms with Gasteiger partial charge in [0.15, 0.2) is 12.6 Å². The van der Waals surface area contributed by atoms with E-state index in [1.807, 2.05) is 0 Å². The number of aliphatic hydroxyl groups excluding tert-OH is 8. The van der Waals surface area contributed by atoms with Gasteiger partial charge in [-0.3, -0.25) is 0 Å². The third-order valence-corrected chi connectivity index (χ3v) is 7.18. The highest BCUT2D eigenvalue weighted by Gasteiger charge is 2.51. The highest BCUT2D eigenvalue weighted by molar-refractivity contribution is 4.96. The van der Waals surface area contributed by atoms with Crippen molar-refractivity contribution in [2.24, 2.45) is 17.6 Å². The van der Waals surface area contributed by atoms with Crippen LogP contribution in [0, 0.1) is 11.8 Å². The topological polar surface area (TPSA) is 234 Å². The summed E-state index contributed by atoms with van der Waals surface area (Å²) in [4.78, 5) is 0. The van der Waals surface area contributed by atoms with Crippen molar-refractivity contribution < 1.29 is 64.5 Å². The van der Waals surface area contributed by atoms with Gasteiger partial charge in [-0.15, -0.1) is 0 Å². The molecule has 3 fully saturated rings. The largest absolute Gasteiger partial charge is 0.396 e. The van der Waals surface area contributed by atoms with Crippen LogP contribution in [-0.4, -0.2) is 147 Å². The Hall–Kier alpha value is -0.560. The Morgan fingerprint density at radius 2 is 1.20 bits per heavy atom. The average molecular weight is 514 g/mol. The fraction of sp³-hybridized carbons (Fsp3) is 1.00. The van der Waals surface area contributed by atoms with Crippen LogP contribution in [0.25, 0.3) is 0 Å². The van der Waals surface area contributed by atoms with E-state index in [0.29, 0.717) is 0 Å². The summed E-state index contributed by atoms with van der Waals surface area (Å²) in [5, 5.41) is 80.5. The molecule has 3 aliphatic rings. The first-order valence-corrected chi connectivity index (χ1v) is 11.8. The van der Waals surface area contributed by atoms with Crippen LogP contribution in [0.3, 0.4) is 0 Å². The van der Waals surface area contributed by atoms with Gasteiger partial charge in [-0.1, -0.05) is 6.92 Å². The highest BCUT2D eigenvalue weighted by atomic mass is 16.7. The van der Waals surface area contributed by atoms with Crippen molar-refractivity contribution in [1.29, 1.82) is 0 Å². The van der Waals surface area contributed by atoms with Crippen LogP contribution >= 0.6 is 0 Å². The molecule has 0 saturated carbocycles. The van der Waals surface area contributed by atoms with E-state index in [0.717, 1.165) is 0 Å². The van der Waals surface area contributed by atoms with Crippen molar-refractivity contribution in [3.05, 3.63) is 0 Å². The summed E-state index contributed by atoms with van der Waals surface area (Å²) < 4.78 is 28.6. The van der Waals surface area contributed by atoms with Crippen molar-refractivity contribution in [3.8, 4) is 0 Å². The van der Waals surface area contributed by atoms with Gasteiger partial charge in [0.25, 0.3) is 0 Å². The Balaban J connectivity index is 1.70. The van der Waals surface area contributed by atoms with Crippen LogP contribution in [0.1, 0.15) is 13.8 Å². The van der Waals surface area contributed by atoms with E-state index in [1.165, 1.54) is 0 Å². The number of hydrogen-bond donors (Lipinski definition) is 9. The van der Waals surface area contributed by atoms with E-state index in [-0.39, 0.29) is 6.61 Å². The summed E-state index contributed by atoms with van der Waals surface area (Å²) in [6, 6.07) is -0.923. The molecule has 3 saturated heterocycles. The van der Waals surface area contributed by atoms with E-state index in [1.54, 1.807) is 13.8 Å². The minimum absolute atomic E-state index is 0.379. The van der Waals surface area contributed by atoms with Gasteiger partial charge in [0, 0.05) is 11.8 Å². The Morgan fingerprint density at radius 1 is 0.629 bits per heavy atom. The van der Waals surface area contributed by atoms with Gasteiger partial charge >= 0.3 is 0 Å². The monoisotopic (exact) mass is 513 g/mol. The second-order valence-corrected chi connectivity index (χ2v) is 9.46.